The Labute approximate surface area is 338 Å². The number of aromatic amines is 1. The van der Waals surface area contributed by atoms with Gasteiger partial charge in [0, 0.05) is 13.1 Å². The molecule has 14 nitrogen and oxygen atoms in total. The summed E-state index contributed by atoms with van der Waals surface area (Å²) in [5.74, 6) is 1.12. The average Bonchev–Trinajstić information content (AvgIpc) is 4.01. The Hall–Kier alpha value is -5.92. The minimum Gasteiger partial charge on any atom is -0.453 e. The van der Waals surface area contributed by atoms with E-state index in [1.54, 1.807) is 4.90 Å². The summed E-state index contributed by atoms with van der Waals surface area (Å²) in [5.41, 5.74) is 7.06. The van der Waals surface area contributed by atoms with Gasteiger partial charge in [0.25, 0.3) is 0 Å². The number of H-pyrrole nitrogens is 1. The third-order valence-electron chi connectivity index (χ3n) is 11.4. The minimum atomic E-state index is -0.732. The Bertz CT molecular complexity index is 2150. The molecular weight excluding hydrogens is 739 g/mol. The summed E-state index contributed by atoms with van der Waals surface area (Å²) in [6, 6.07) is 18.3. The van der Waals surface area contributed by atoms with Crippen LogP contribution in [0.25, 0.3) is 44.4 Å². The molecule has 0 aliphatic carbocycles. The molecule has 306 valence electrons. The number of methoxy groups -OCH3 is 2. The first kappa shape index (κ1) is 40.3. The molecule has 4 amide bonds. The summed E-state index contributed by atoms with van der Waals surface area (Å²) in [5, 5.41) is 5.42. The molecule has 3 aromatic carbocycles. The minimum absolute atomic E-state index is 0.121. The highest BCUT2D eigenvalue weighted by Crippen LogP contribution is 2.39. The molecule has 2 aliphatic heterocycles. The number of hydrogen-bond acceptors (Lipinski definition) is 9. The first-order chi connectivity index (χ1) is 27.7. The van der Waals surface area contributed by atoms with Crippen LogP contribution >= 0.6 is 0 Å². The molecule has 2 aromatic heterocycles. The summed E-state index contributed by atoms with van der Waals surface area (Å²) in [7, 11) is 2.58. The Balaban J connectivity index is 1.08. The number of oxazole rings is 1. The van der Waals surface area contributed by atoms with E-state index >= 15 is 0 Å². The second-order valence-electron chi connectivity index (χ2n) is 16.6. The third kappa shape index (κ3) is 8.09. The number of alkyl carbamates (subject to hydrolysis) is 2. The van der Waals surface area contributed by atoms with Crippen LogP contribution in [-0.4, -0.2) is 88.1 Å². The highest BCUT2D eigenvalue weighted by atomic mass is 16.5. The topological polar surface area (TPSA) is 172 Å². The molecule has 3 N–H and O–H groups in total. The maximum absolute atomic E-state index is 13.8. The van der Waals surface area contributed by atoms with Crippen LogP contribution in [0.15, 0.2) is 65.1 Å². The van der Waals surface area contributed by atoms with E-state index < -0.39 is 24.3 Å². The second-order valence-corrected chi connectivity index (χ2v) is 16.6. The SMILES string of the molecule is COC(=O)NC(C(=O)N1C[C@@H](C)C[C@H]1c1nc2ccc(-c3ccc(-c4ccc5nc([C@@H]6C[C@H](C)CN6C(=O)C(NC(=O)OC)C(C)C)oc5c4)cc3)cc2[nH]1)C(C)C. The number of carbonyl (C=O) groups is 4. The van der Waals surface area contributed by atoms with Gasteiger partial charge in [-0.05, 0) is 83.0 Å². The van der Waals surface area contributed by atoms with Gasteiger partial charge in [0.05, 0.1) is 31.3 Å². The van der Waals surface area contributed by atoms with E-state index in [-0.39, 0.29) is 47.6 Å². The van der Waals surface area contributed by atoms with Crippen LogP contribution < -0.4 is 10.6 Å². The number of likely N-dealkylation sites (tertiary alicyclic amines) is 2. The zero-order valence-electron chi connectivity index (χ0n) is 34.4. The van der Waals surface area contributed by atoms with E-state index in [0.29, 0.717) is 36.5 Å². The maximum atomic E-state index is 13.8. The summed E-state index contributed by atoms with van der Waals surface area (Å²) in [4.78, 5) is 68.4. The predicted molar refractivity (Wildman–Crippen MR) is 219 cm³/mol. The van der Waals surface area contributed by atoms with Crippen LogP contribution in [-0.2, 0) is 19.1 Å². The van der Waals surface area contributed by atoms with Gasteiger partial charge < -0.3 is 39.3 Å². The lowest BCUT2D eigenvalue weighted by Gasteiger charge is -2.30. The molecule has 0 radical (unpaired) electrons. The molecule has 2 fully saturated rings. The van der Waals surface area contributed by atoms with E-state index in [1.165, 1.54) is 14.2 Å². The number of nitrogens with zero attached hydrogens (tertiary/aromatic N) is 4. The van der Waals surface area contributed by atoms with Crippen molar-refractivity contribution >= 4 is 46.1 Å². The number of benzene rings is 3. The van der Waals surface area contributed by atoms with Crippen molar-refractivity contribution in [3.05, 3.63) is 72.4 Å². The number of ether oxygens (including phenoxy) is 2. The predicted octanol–water partition coefficient (Wildman–Crippen LogP) is 7.62. The highest BCUT2D eigenvalue weighted by molar-refractivity contribution is 5.88. The molecule has 0 saturated carbocycles. The van der Waals surface area contributed by atoms with Gasteiger partial charge in [-0.15, -0.1) is 0 Å². The largest absolute Gasteiger partial charge is 0.453 e. The van der Waals surface area contributed by atoms with Crippen LogP contribution in [0.4, 0.5) is 9.59 Å². The maximum Gasteiger partial charge on any atom is 0.407 e. The zero-order chi connectivity index (χ0) is 41.4. The van der Waals surface area contributed by atoms with Gasteiger partial charge in [0.2, 0.25) is 17.7 Å². The molecule has 14 heteroatoms. The number of nitrogens with one attached hydrogen (secondary N) is 3. The number of hydrogen-bond donors (Lipinski definition) is 3. The summed E-state index contributed by atoms with van der Waals surface area (Å²) < 4.78 is 15.9. The molecule has 6 atom stereocenters. The fraction of sp³-hybridized carbons (Fsp3) is 0.455. The molecule has 2 saturated heterocycles. The van der Waals surface area contributed by atoms with Gasteiger partial charge in [-0.3, -0.25) is 9.59 Å². The molecule has 2 aliphatic rings. The molecule has 5 aromatic rings. The Kier molecular flexibility index (Phi) is 11.5. The van der Waals surface area contributed by atoms with Crippen molar-refractivity contribution in [1.82, 2.24) is 35.4 Å². The van der Waals surface area contributed by atoms with Crippen LogP contribution in [0.5, 0.6) is 0 Å². The summed E-state index contributed by atoms with van der Waals surface area (Å²) in [6.45, 7) is 12.9. The molecule has 58 heavy (non-hydrogen) atoms. The quantitative estimate of drug-likeness (QED) is 0.129. The van der Waals surface area contributed by atoms with Crippen molar-refractivity contribution in [3.8, 4) is 22.3 Å². The number of aromatic nitrogens is 3. The van der Waals surface area contributed by atoms with E-state index in [4.69, 9.17) is 23.9 Å². The van der Waals surface area contributed by atoms with Crippen molar-refractivity contribution in [2.24, 2.45) is 23.7 Å². The third-order valence-corrected chi connectivity index (χ3v) is 11.4. The number of carbonyl (C=O) groups excluding carboxylic acids is 4. The fourth-order valence-electron chi connectivity index (χ4n) is 8.31. The summed E-state index contributed by atoms with van der Waals surface area (Å²) in [6.07, 6.45) is 0.192. The first-order valence-electron chi connectivity index (χ1n) is 20.0. The number of imidazole rings is 1. The number of rotatable bonds is 10. The lowest BCUT2D eigenvalue weighted by molar-refractivity contribution is -0.136. The summed E-state index contributed by atoms with van der Waals surface area (Å²) >= 11 is 0. The normalized spacial score (nSPS) is 20.5. The van der Waals surface area contributed by atoms with Gasteiger partial charge >= 0.3 is 12.2 Å². The molecule has 0 bridgehead atoms. The number of amides is 4. The average molecular weight is 792 g/mol. The van der Waals surface area contributed by atoms with Gasteiger partial charge in [-0.1, -0.05) is 77.9 Å². The molecule has 0 spiro atoms. The molecule has 2 unspecified atom stereocenters. The van der Waals surface area contributed by atoms with E-state index in [1.807, 2.05) is 62.9 Å². The lowest BCUT2D eigenvalue weighted by atomic mass is 10.00. The monoisotopic (exact) mass is 791 g/mol. The standard InChI is InChI=1S/C44H53N7O7/c1-23(2)37(48-43(54)56-7)41(52)50-21-25(5)17-34(50)39-45-31-15-13-29(19-33(31)46-39)27-9-11-28(12-10-27)30-14-16-32-36(20-30)58-40(47-32)35-18-26(6)22-51(35)42(53)38(24(3)4)49-44(55)57-8/h9-16,19-20,23-26,34-35,37-38H,17-18,21-22H2,1-8H3,(H,45,46)(H,48,54)(H,49,55)/t25-,26-,34-,35-,37?,38?/m0/s1. The van der Waals surface area contributed by atoms with Gasteiger partial charge in [-0.25, -0.2) is 19.6 Å². The Morgan fingerprint density at radius 3 is 1.71 bits per heavy atom. The smallest absolute Gasteiger partial charge is 0.407 e. The van der Waals surface area contributed by atoms with Crippen LogP contribution in [0.1, 0.15) is 78.2 Å². The Morgan fingerprint density at radius 1 is 0.690 bits per heavy atom. The lowest BCUT2D eigenvalue weighted by Crippen LogP contribution is -2.51. The van der Waals surface area contributed by atoms with Gasteiger partial charge in [0.15, 0.2) is 5.58 Å². The molecule has 7 rings (SSSR count). The Morgan fingerprint density at radius 2 is 1.17 bits per heavy atom. The van der Waals surface area contributed by atoms with Crippen LogP contribution in [0.3, 0.4) is 0 Å². The van der Waals surface area contributed by atoms with Crippen molar-refractivity contribution < 1.29 is 33.1 Å². The van der Waals surface area contributed by atoms with E-state index in [9.17, 15) is 19.2 Å². The highest BCUT2D eigenvalue weighted by Gasteiger charge is 2.42. The zero-order valence-corrected chi connectivity index (χ0v) is 34.4. The van der Waals surface area contributed by atoms with E-state index in [2.05, 4.69) is 59.8 Å². The number of fused-ring (bicyclic) bond motifs is 2. The fourth-order valence-corrected chi connectivity index (χ4v) is 8.31. The first-order valence-corrected chi connectivity index (χ1v) is 20.0. The van der Waals surface area contributed by atoms with E-state index in [0.717, 1.165) is 45.5 Å². The van der Waals surface area contributed by atoms with Crippen molar-refractivity contribution in [3.63, 3.8) is 0 Å². The van der Waals surface area contributed by atoms with Crippen LogP contribution in [0.2, 0.25) is 0 Å². The van der Waals surface area contributed by atoms with Crippen molar-refractivity contribution in [2.45, 2.75) is 78.6 Å². The van der Waals surface area contributed by atoms with Gasteiger partial charge in [0.1, 0.15) is 29.5 Å². The van der Waals surface area contributed by atoms with Crippen molar-refractivity contribution in [1.29, 1.82) is 0 Å². The molecule has 4 heterocycles. The van der Waals surface area contributed by atoms with Crippen molar-refractivity contribution in [2.75, 3.05) is 27.3 Å². The van der Waals surface area contributed by atoms with Gasteiger partial charge in [-0.2, -0.15) is 0 Å². The second kappa shape index (κ2) is 16.5. The van der Waals surface area contributed by atoms with Crippen LogP contribution in [0, 0.1) is 23.7 Å². The molecular formula is C44H53N7O7.